The van der Waals surface area contributed by atoms with Crippen LogP contribution in [0.1, 0.15) is 13.3 Å². The molecule has 0 N–H and O–H groups in total. The summed E-state index contributed by atoms with van der Waals surface area (Å²) in [6.07, 6.45) is 1.33. The molecule has 0 aliphatic carbocycles. The lowest BCUT2D eigenvalue weighted by atomic mass is 10.2. The van der Waals surface area contributed by atoms with Crippen molar-refractivity contribution in [2.24, 2.45) is 10.9 Å². The molecule has 0 saturated carbocycles. The van der Waals surface area contributed by atoms with Crippen LogP contribution in [0.4, 0.5) is 0 Å². The van der Waals surface area contributed by atoms with E-state index in [-0.39, 0.29) is 0 Å². The Bertz CT molecular complexity index is 200. The van der Waals surface area contributed by atoms with Crippen molar-refractivity contribution in [1.29, 1.82) is 0 Å². The smallest absolute Gasteiger partial charge is 0.196 e. The van der Waals surface area contributed by atoms with E-state index in [4.69, 9.17) is 0 Å². The maximum atomic E-state index is 4.50. The predicted molar refractivity (Wildman–Crippen MR) is 50.3 cm³/mol. The summed E-state index contributed by atoms with van der Waals surface area (Å²) in [5, 5.41) is 0. The van der Waals surface area contributed by atoms with Gasteiger partial charge in [-0.15, -0.1) is 0 Å². The van der Waals surface area contributed by atoms with Crippen molar-refractivity contribution in [2.45, 2.75) is 13.3 Å². The van der Waals surface area contributed by atoms with Crippen LogP contribution in [-0.2, 0) is 0 Å². The van der Waals surface area contributed by atoms with Gasteiger partial charge in [-0.2, -0.15) is 0 Å². The fourth-order valence-corrected chi connectivity index (χ4v) is 1.98. The molecule has 68 valence electrons. The first-order valence-electron chi connectivity index (χ1n) is 4.78. The van der Waals surface area contributed by atoms with Gasteiger partial charge in [0.25, 0.3) is 0 Å². The summed E-state index contributed by atoms with van der Waals surface area (Å²) in [4.78, 5) is 9.18. The van der Waals surface area contributed by atoms with Gasteiger partial charge >= 0.3 is 0 Å². The molecule has 1 saturated heterocycles. The van der Waals surface area contributed by atoms with Crippen molar-refractivity contribution in [3.63, 3.8) is 0 Å². The molecule has 2 heterocycles. The Morgan fingerprint density at radius 2 is 2.25 bits per heavy atom. The third kappa shape index (κ3) is 1.28. The van der Waals surface area contributed by atoms with Crippen LogP contribution in [0.15, 0.2) is 4.99 Å². The Morgan fingerprint density at radius 3 is 2.75 bits per heavy atom. The van der Waals surface area contributed by atoms with Crippen molar-refractivity contribution in [2.75, 3.05) is 33.2 Å². The molecule has 0 spiro atoms. The Balaban J connectivity index is 2.00. The van der Waals surface area contributed by atoms with Crippen LogP contribution >= 0.6 is 0 Å². The van der Waals surface area contributed by atoms with Crippen LogP contribution in [0.25, 0.3) is 0 Å². The maximum Gasteiger partial charge on any atom is 0.196 e. The molecule has 0 aromatic rings. The molecular formula is C9H17N3. The first-order chi connectivity index (χ1) is 5.77. The number of likely N-dealkylation sites (tertiary alicyclic amines) is 1. The molecule has 1 unspecified atom stereocenters. The number of likely N-dealkylation sites (N-methyl/N-ethyl adjacent to an activating group) is 1. The van der Waals surface area contributed by atoms with Gasteiger partial charge in [-0.05, 0) is 12.3 Å². The minimum atomic E-state index is 0.849. The van der Waals surface area contributed by atoms with Gasteiger partial charge in [0.15, 0.2) is 5.96 Å². The largest absolute Gasteiger partial charge is 0.344 e. The molecule has 0 amide bonds. The number of hydrogen-bond acceptors (Lipinski definition) is 3. The molecule has 0 radical (unpaired) electrons. The fourth-order valence-electron chi connectivity index (χ4n) is 1.98. The van der Waals surface area contributed by atoms with E-state index in [2.05, 4.69) is 28.8 Å². The molecule has 12 heavy (non-hydrogen) atoms. The van der Waals surface area contributed by atoms with E-state index in [1.807, 2.05) is 0 Å². The van der Waals surface area contributed by atoms with E-state index in [1.54, 1.807) is 0 Å². The van der Waals surface area contributed by atoms with E-state index in [1.165, 1.54) is 25.5 Å². The second-order valence-electron chi connectivity index (χ2n) is 3.94. The summed E-state index contributed by atoms with van der Waals surface area (Å²) >= 11 is 0. The minimum absolute atomic E-state index is 0.849. The SMILES string of the molecule is CC1CCN(C2=NCCN2C)C1. The van der Waals surface area contributed by atoms with Gasteiger partial charge in [0, 0.05) is 26.7 Å². The Hall–Kier alpha value is -0.730. The molecule has 2 aliphatic rings. The Labute approximate surface area is 74.1 Å². The molecule has 0 aromatic carbocycles. The van der Waals surface area contributed by atoms with Crippen LogP contribution < -0.4 is 0 Å². The van der Waals surface area contributed by atoms with Crippen LogP contribution in [0.5, 0.6) is 0 Å². The molecule has 1 fully saturated rings. The highest BCUT2D eigenvalue weighted by molar-refractivity contribution is 5.81. The van der Waals surface area contributed by atoms with Gasteiger partial charge in [-0.25, -0.2) is 0 Å². The van der Waals surface area contributed by atoms with E-state index in [0.29, 0.717) is 0 Å². The number of hydrogen-bond donors (Lipinski definition) is 0. The van der Waals surface area contributed by atoms with Gasteiger partial charge in [0.2, 0.25) is 0 Å². The predicted octanol–water partition coefficient (Wildman–Crippen LogP) is 0.630. The average Bonchev–Trinajstić information content (AvgIpc) is 2.58. The number of aliphatic imine (C=N–C) groups is 1. The fraction of sp³-hybridized carbons (Fsp3) is 0.889. The highest BCUT2D eigenvalue weighted by atomic mass is 15.4. The molecule has 1 atom stereocenters. The zero-order valence-corrected chi connectivity index (χ0v) is 7.95. The second-order valence-corrected chi connectivity index (χ2v) is 3.94. The van der Waals surface area contributed by atoms with Crippen molar-refractivity contribution >= 4 is 5.96 Å². The topological polar surface area (TPSA) is 18.8 Å². The van der Waals surface area contributed by atoms with Gasteiger partial charge in [-0.3, -0.25) is 4.99 Å². The summed E-state index contributed by atoms with van der Waals surface area (Å²) in [7, 11) is 2.13. The Kier molecular flexibility index (Phi) is 1.95. The third-order valence-corrected chi connectivity index (χ3v) is 2.74. The van der Waals surface area contributed by atoms with Crippen LogP contribution in [0.2, 0.25) is 0 Å². The summed E-state index contributed by atoms with van der Waals surface area (Å²) in [6.45, 7) is 6.79. The quantitative estimate of drug-likeness (QED) is 0.527. The first-order valence-corrected chi connectivity index (χ1v) is 4.78. The molecule has 0 aromatic heterocycles. The standard InChI is InChI=1S/C9H17N3/c1-8-3-5-12(7-8)9-10-4-6-11(9)2/h8H,3-7H2,1-2H3. The van der Waals surface area contributed by atoms with Crippen LogP contribution in [-0.4, -0.2) is 49.0 Å². The number of guanidine groups is 1. The van der Waals surface area contributed by atoms with Crippen LogP contribution in [0, 0.1) is 5.92 Å². The summed E-state index contributed by atoms with van der Waals surface area (Å²) in [6, 6.07) is 0. The van der Waals surface area contributed by atoms with Gasteiger partial charge in [0.1, 0.15) is 0 Å². The minimum Gasteiger partial charge on any atom is -0.344 e. The first kappa shape index (κ1) is 7.90. The van der Waals surface area contributed by atoms with E-state index >= 15 is 0 Å². The van der Waals surface area contributed by atoms with Crippen molar-refractivity contribution in [1.82, 2.24) is 9.80 Å². The molecule has 2 rings (SSSR count). The second kappa shape index (κ2) is 2.96. The summed E-state index contributed by atoms with van der Waals surface area (Å²) in [5.41, 5.74) is 0. The highest BCUT2D eigenvalue weighted by Gasteiger charge is 2.25. The summed E-state index contributed by atoms with van der Waals surface area (Å²) < 4.78 is 0. The number of nitrogens with zero attached hydrogens (tertiary/aromatic N) is 3. The van der Waals surface area contributed by atoms with Gasteiger partial charge < -0.3 is 9.80 Å². The monoisotopic (exact) mass is 167 g/mol. The number of rotatable bonds is 0. The van der Waals surface area contributed by atoms with Crippen LogP contribution in [0.3, 0.4) is 0 Å². The van der Waals surface area contributed by atoms with Crippen molar-refractivity contribution in [3.8, 4) is 0 Å². The van der Waals surface area contributed by atoms with Gasteiger partial charge in [-0.1, -0.05) is 6.92 Å². The maximum absolute atomic E-state index is 4.50. The van der Waals surface area contributed by atoms with Crippen molar-refractivity contribution < 1.29 is 0 Å². The molecule has 0 bridgehead atoms. The summed E-state index contributed by atoms with van der Waals surface area (Å²) in [5.74, 6) is 2.07. The third-order valence-electron chi connectivity index (χ3n) is 2.74. The normalized spacial score (nSPS) is 29.8. The average molecular weight is 167 g/mol. The molecule has 2 aliphatic heterocycles. The Morgan fingerprint density at radius 1 is 1.42 bits per heavy atom. The van der Waals surface area contributed by atoms with E-state index < -0.39 is 0 Å². The lowest BCUT2D eigenvalue weighted by molar-refractivity contribution is 0.413. The highest BCUT2D eigenvalue weighted by Crippen LogP contribution is 2.17. The van der Waals surface area contributed by atoms with E-state index in [0.717, 1.165) is 19.0 Å². The van der Waals surface area contributed by atoms with E-state index in [9.17, 15) is 0 Å². The zero-order chi connectivity index (χ0) is 8.55. The molecule has 3 heteroatoms. The lowest BCUT2D eigenvalue weighted by Gasteiger charge is -2.23. The molecular weight excluding hydrogens is 150 g/mol. The molecule has 3 nitrogen and oxygen atoms in total. The van der Waals surface area contributed by atoms with Crippen molar-refractivity contribution in [3.05, 3.63) is 0 Å². The zero-order valence-electron chi connectivity index (χ0n) is 7.95. The lowest BCUT2D eigenvalue weighted by Crippen LogP contribution is -2.38. The van der Waals surface area contributed by atoms with Gasteiger partial charge in [0.05, 0.1) is 6.54 Å².